The first-order chi connectivity index (χ1) is 8.36. The number of carbonyl (C=O) groups excluding carboxylic acids is 1. The topological polar surface area (TPSA) is 76.4 Å². The van der Waals surface area contributed by atoms with Crippen molar-refractivity contribution in [1.82, 2.24) is 5.32 Å². The molecule has 5 nitrogen and oxygen atoms in total. The van der Waals surface area contributed by atoms with E-state index in [4.69, 9.17) is 16.0 Å². The maximum Gasteiger partial charge on any atom is 0.336 e. The molecule has 1 rings (SSSR count). The number of furan rings is 1. The molecular formula is C10H13ClFNO4S. The van der Waals surface area contributed by atoms with Crippen molar-refractivity contribution in [2.24, 2.45) is 0 Å². The maximum atomic E-state index is 12.7. The van der Waals surface area contributed by atoms with Gasteiger partial charge in [-0.1, -0.05) is 19.8 Å². The third kappa shape index (κ3) is 3.99. The summed E-state index contributed by atoms with van der Waals surface area (Å²) in [7, 11) is -4.98. The van der Waals surface area contributed by atoms with Crippen LogP contribution < -0.4 is 5.32 Å². The number of amides is 1. The monoisotopic (exact) mass is 297 g/mol. The van der Waals surface area contributed by atoms with Crippen LogP contribution in [0.3, 0.4) is 0 Å². The van der Waals surface area contributed by atoms with Crippen LogP contribution in [0.15, 0.2) is 15.4 Å². The lowest BCUT2D eigenvalue weighted by molar-refractivity contribution is 0.0925. The molecule has 0 aliphatic carbocycles. The summed E-state index contributed by atoms with van der Waals surface area (Å²) in [6, 6.07) is 0.771. The maximum absolute atomic E-state index is 12.7. The molecule has 8 heteroatoms. The molecule has 1 aromatic rings. The normalized spacial score (nSPS) is 11.5. The standard InChI is InChI=1S/C10H13ClFNO4S/c1-2-3-4-5-13-10(14)7-6-8(9(11)17-7)18(12,15)16/h6H,2-5H2,1H3,(H,13,14). The molecule has 0 unspecified atom stereocenters. The fraction of sp³-hybridized carbons (Fsp3) is 0.500. The Balaban J connectivity index is 2.71. The van der Waals surface area contributed by atoms with Crippen molar-refractivity contribution in [3.63, 3.8) is 0 Å². The molecule has 18 heavy (non-hydrogen) atoms. The van der Waals surface area contributed by atoms with E-state index in [1.54, 1.807) is 0 Å². The molecule has 0 atom stereocenters. The summed E-state index contributed by atoms with van der Waals surface area (Å²) < 4.78 is 38.7. The van der Waals surface area contributed by atoms with Gasteiger partial charge in [-0.25, -0.2) is 0 Å². The third-order valence-corrected chi connectivity index (χ3v) is 3.43. The summed E-state index contributed by atoms with van der Waals surface area (Å²) in [4.78, 5) is 10.7. The summed E-state index contributed by atoms with van der Waals surface area (Å²) in [6.07, 6.45) is 2.76. The van der Waals surface area contributed by atoms with Crippen LogP contribution >= 0.6 is 11.6 Å². The van der Waals surface area contributed by atoms with Crippen LogP contribution in [-0.2, 0) is 10.2 Å². The number of hydrogen-bond donors (Lipinski definition) is 1. The van der Waals surface area contributed by atoms with E-state index in [1.807, 2.05) is 6.92 Å². The van der Waals surface area contributed by atoms with Gasteiger partial charge in [-0.15, -0.1) is 3.89 Å². The smallest absolute Gasteiger partial charge is 0.336 e. The van der Waals surface area contributed by atoms with Crippen LogP contribution in [-0.4, -0.2) is 20.9 Å². The van der Waals surface area contributed by atoms with E-state index in [0.29, 0.717) is 6.54 Å². The second-order valence-electron chi connectivity index (χ2n) is 3.65. The van der Waals surface area contributed by atoms with Crippen molar-refractivity contribution in [2.75, 3.05) is 6.54 Å². The Labute approximate surface area is 110 Å². The van der Waals surface area contributed by atoms with Gasteiger partial charge in [0, 0.05) is 12.6 Å². The zero-order valence-corrected chi connectivity index (χ0v) is 11.3. The minimum Gasteiger partial charge on any atom is -0.438 e. The van der Waals surface area contributed by atoms with Crippen molar-refractivity contribution in [1.29, 1.82) is 0 Å². The van der Waals surface area contributed by atoms with E-state index in [-0.39, 0.29) is 5.76 Å². The van der Waals surface area contributed by atoms with Crippen molar-refractivity contribution in [3.05, 3.63) is 17.0 Å². The number of hydrogen-bond acceptors (Lipinski definition) is 4. The van der Waals surface area contributed by atoms with Gasteiger partial charge in [-0.2, -0.15) is 8.42 Å². The van der Waals surface area contributed by atoms with Crippen LogP contribution in [0.2, 0.25) is 5.22 Å². The van der Waals surface area contributed by atoms with Gasteiger partial charge in [0.2, 0.25) is 5.22 Å². The Kier molecular flexibility index (Phi) is 5.15. The fourth-order valence-corrected chi connectivity index (χ4v) is 2.19. The second kappa shape index (κ2) is 6.19. The van der Waals surface area contributed by atoms with Gasteiger partial charge >= 0.3 is 10.2 Å². The van der Waals surface area contributed by atoms with Gasteiger partial charge in [-0.3, -0.25) is 4.79 Å². The molecule has 0 spiro atoms. The van der Waals surface area contributed by atoms with E-state index < -0.39 is 26.2 Å². The third-order valence-electron chi connectivity index (χ3n) is 2.21. The summed E-state index contributed by atoms with van der Waals surface area (Å²) in [5.41, 5.74) is 0. The number of rotatable bonds is 6. The van der Waals surface area contributed by atoms with Crippen molar-refractivity contribution >= 4 is 27.7 Å². The van der Waals surface area contributed by atoms with Gasteiger partial charge < -0.3 is 9.73 Å². The lowest BCUT2D eigenvalue weighted by Crippen LogP contribution is -2.23. The van der Waals surface area contributed by atoms with Crippen molar-refractivity contribution in [2.45, 2.75) is 31.1 Å². The first kappa shape index (κ1) is 15.0. The van der Waals surface area contributed by atoms with Gasteiger partial charge in [0.15, 0.2) is 10.7 Å². The molecular weight excluding hydrogens is 285 g/mol. The van der Waals surface area contributed by atoms with E-state index in [2.05, 4.69) is 5.32 Å². The van der Waals surface area contributed by atoms with Crippen molar-refractivity contribution < 1.29 is 21.5 Å². The fourth-order valence-electron chi connectivity index (χ4n) is 1.29. The predicted octanol–water partition coefficient (Wildman–Crippen LogP) is 2.51. The molecule has 1 N–H and O–H groups in total. The lowest BCUT2D eigenvalue weighted by Gasteiger charge is -2.01. The van der Waals surface area contributed by atoms with Crippen LogP contribution in [0.5, 0.6) is 0 Å². The Morgan fingerprint density at radius 1 is 1.50 bits per heavy atom. The summed E-state index contributed by atoms with van der Waals surface area (Å²) in [6.45, 7) is 2.45. The quantitative estimate of drug-likeness (QED) is 0.646. The Morgan fingerprint density at radius 2 is 2.17 bits per heavy atom. The minimum absolute atomic E-state index is 0.326. The first-order valence-electron chi connectivity index (χ1n) is 5.38. The molecule has 0 aliphatic heterocycles. The summed E-state index contributed by atoms with van der Waals surface area (Å²) >= 11 is 5.39. The Bertz CT molecular complexity index is 526. The van der Waals surface area contributed by atoms with Gasteiger partial charge in [-0.05, 0) is 18.0 Å². The minimum atomic E-state index is -4.98. The van der Waals surface area contributed by atoms with Gasteiger partial charge in [0.1, 0.15) is 0 Å². The van der Waals surface area contributed by atoms with Crippen LogP contribution in [0.25, 0.3) is 0 Å². The van der Waals surface area contributed by atoms with Crippen molar-refractivity contribution in [3.8, 4) is 0 Å². The van der Waals surface area contributed by atoms with Gasteiger partial charge in [0.25, 0.3) is 5.91 Å². The molecule has 0 aliphatic rings. The van der Waals surface area contributed by atoms with E-state index in [0.717, 1.165) is 25.3 Å². The van der Waals surface area contributed by atoms with E-state index in [1.165, 1.54) is 0 Å². The largest absolute Gasteiger partial charge is 0.438 e. The van der Waals surface area contributed by atoms with Crippen LogP contribution in [0, 0.1) is 0 Å². The van der Waals surface area contributed by atoms with E-state index >= 15 is 0 Å². The molecule has 0 saturated heterocycles. The van der Waals surface area contributed by atoms with Crippen LogP contribution in [0.1, 0.15) is 36.7 Å². The average Bonchev–Trinajstić information content (AvgIpc) is 2.66. The molecule has 0 saturated carbocycles. The molecule has 0 aromatic carbocycles. The summed E-state index contributed by atoms with van der Waals surface area (Å²) in [5.74, 6) is -0.948. The first-order valence-corrected chi connectivity index (χ1v) is 7.14. The number of halogens is 2. The van der Waals surface area contributed by atoms with Crippen LogP contribution in [0.4, 0.5) is 3.89 Å². The average molecular weight is 298 g/mol. The lowest BCUT2D eigenvalue weighted by atomic mass is 10.2. The molecule has 102 valence electrons. The highest BCUT2D eigenvalue weighted by molar-refractivity contribution is 7.86. The highest BCUT2D eigenvalue weighted by Crippen LogP contribution is 2.26. The zero-order chi connectivity index (χ0) is 13.8. The molecule has 1 heterocycles. The second-order valence-corrected chi connectivity index (χ2v) is 5.31. The zero-order valence-electron chi connectivity index (χ0n) is 9.70. The summed E-state index contributed by atoms with van der Waals surface area (Å²) in [5, 5.41) is 1.86. The Hall–Kier alpha value is -1.08. The van der Waals surface area contributed by atoms with Gasteiger partial charge in [0.05, 0.1) is 0 Å². The Morgan fingerprint density at radius 3 is 2.67 bits per heavy atom. The molecule has 1 aromatic heterocycles. The number of nitrogens with one attached hydrogen (secondary N) is 1. The molecule has 0 bridgehead atoms. The molecule has 1 amide bonds. The van der Waals surface area contributed by atoms with E-state index in [9.17, 15) is 17.1 Å². The predicted molar refractivity (Wildman–Crippen MR) is 63.9 cm³/mol. The highest BCUT2D eigenvalue weighted by atomic mass is 35.5. The molecule has 0 fully saturated rings. The number of carbonyl (C=O) groups is 1. The highest BCUT2D eigenvalue weighted by Gasteiger charge is 2.24. The SMILES string of the molecule is CCCCCNC(=O)c1cc(S(=O)(=O)F)c(Cl)o1. The molecule has 0 radical (unpaired) electrons. The number of unbranched alkanes of at least 4 members (excludes halogenated alkanes) is 2.